The number of ether oxygens (including phenoxy) is 1. The van der Waals surface area contributed by atoms with Gasteiger partial charge in [-0.2, -0.15) is 9.50 Å². The summed E-state index contributed by atoms with van der Waals surface area (Å²) >= 11 is 1.78. The van der Waals surface area contributed by atoms with Gasteiger partial charge in [0.25, 0.3) is 5.78 Å². The standard InChI is InChI=1S/C21H25N7OS/c1-2-29-12-6-10-22-19-18-16-9-11-27(13-15-7-4-3-5-8-15)14-17(16)30-20(18)28-21(23-19)24-25-26-28/h3-5,7-8H,2,6,9-14H2,1H3,(H,22,23,24,26). The van der Waals surface area contributed by atoms with E-state index in [0.29, 0.717) is 5.78 Å². The van der Waals surface area contributed by atoms with Gasteiger partial charge < -0.3 is 10.1 Å². The molecule has 1 N–H and O–H groups in total. The third-order valence-corrected chi connectivity index (χ3v) is 6.61. The predicted molar refractivity (Wildman–Crippen MR) is 118 cm³/mol. The summed E-state index contributed by atoms with van der Waals surface area (Å²) in [6, 6.07) is 10.7. The first-order chi connectivity index (χ1) is 14.8. The van der Waals surface area contributed by atoms with Gasteiger partial charge in [0.2, 0.25) is 0 Å². The number of thiophene rings is 1. The van der Waals surface area contributed by atoms with Gasteiger partial charge in [-0.05, 0) is 41.3 Å². The lowest BCUT2D eigenvalue weighted by molar-refractivity contribution is 0.147. The van der Waals surface area contributed by atoms with Gasteiger partial charge in [-0.1, -0.05) is 35.4 Å². The Morgan fingerprint density at radius 3 is 3.00 bits per heavy atom. The van der Waals surface area contributed by atoms with Crippen molar-refractivity contribution in [2.24, 2.45) is 0 Å². The minimum atomic E-state index is 0.537. The Hall–Kier alpha value is -2.62. The summed E-state index contributed by atoms with van der Waals surface area (Å²) in [5.41, 5.74) is 2.74. The van der Waals surface area contributed by atoms with Gasteiger partial charge in [0.1, 0.15) is 10.6 Å². The Balaban J connectivity index is 1.44. The Morgan fingerprint density at radius 2 is 2.13 bits per heavy atom. The molecule has 0 bridgehead atoms. The molecule has 0 saturated heterocycles. The van der Waals surface area contributed by atoms with Crippen molar-refractivity contribution >= 4 is 33.1 Å². The van der Waals surface area contributed by atoms with Crippen molar-refractivity contribution in [1.29, 1.82) is 0 Å². The van der Waals surface area contributed by atoms with Crippen LogP contribution in [0.25, 0.3) is 16.0 Å². The SMILES string of the molecule is CCOCCCNc1nc2nnnn2c2sc3c(c12)CCN(Cc1ccccc1)C3. The average molecular weight is 424 g/mol. The molecule has 8 nitrogen and oxygen atoms in total. The van der Waals surface area contributed by atoms with Crippen molar-refractivity contribution in [2.45, 2.75) is 32.9 Å². The van der Waals surface area contributed by atoms with E-state index in [1.54, 1.807) is 15.9 Å². The number of nitrogens with zero attached hydrogens (tertiary/aromatic N) is 6. The van der Waals surface area contributed by atoms with E-state index >= 15 is 0 Å². The van der Waals surface area contributed by atoms with Gasteiger partial charge in [0.05, 0.1) is 5.39 Å². The molecule has 0 radical (unpaired) electrons. The van der Waals surface area contributed by atoms with Crippen LogP contribution in [0.2, 0.25) is 0 Å². The molecule has 1 aliphatic rings. The highest BCUT2D eigenvalue weighted by Crippen LogP contribution is 2.38. The fourth-order valence-electron chi connectivity index (χ4n) is 4.00. The molecule has 1 aliphatic heterocycles. The molecule has 4 aromatic rings. The molecule has 0 aliphatic carbocycles. The quantitative estimate of drug-likeness (QED) is 0.436. The number of benzene rings is 1. The largest absolute Gasteiger partial charge is 0.382 e. The minimum Gasteiger partial charge on any atom is -0.382 e. The Morgan fingerprint density at radius 1 is 1.23 bits per heavy atom. The molecular weight excluding hydrogens is 398 g/mol. The fourth-order valence-corrected chi connectivity index (χ4v) is 5.34. The topological polar surface area (TPSA) is 80.5 Å². The maximum absolute atomic E-state index is 5.45. The molecule has 3 aromatic heterocycles. The molecule has 0 fully saturated rings. The van der Waals surface area contributed by atoms with E-state index in [2.05, 4.69) is 56.1 Å². The van der Waals surface area contributed by atoms with Crippen LogP contribution in [0.4, 0.5) is 5.82 Å². The monoisotopic (exact) mass is 423 g/mol. The molecular formula is C21H25N7OS. The van der Waals surface area contributed by atoms with Gasteiger partial charge in [-0.3, -0.25) is 4.90 Å². The highest BCUT2D eigenvalue weighted by atomic mass is 32.1. The van der Waals surface area contributed by atoms with Crippen LogP contribution in [-0.4, -0.2) is 56.2 Å². The summed E-state index contributed by atoms with van der Waals surface area (Å²) in [6.45, 7) is 7.26. The molecule has 0 spiro atoms. The number of nitrogens with one attached hydrogen (secondary N) is 1. The number of fused-ring (bicyclic) bond motifs is 5. The van der Waals surface area contributed by atoms with E-state index in [9.17, 15) is 0 Å². The number of tetrazole rings is 1. The highest BCUT2D eigenvalue weighted by Gasteiger charge is 2.25. The summed E-state index contributed by atoms with van der Waals surface area (Å²) in [6.07, 6.45) is 1.94. The molecule has 9 heteroatoms. The number of aromatic nitrogens is 5. The van der Waals surface area contributed by atoms with Crippen LogP contribution in [0, 0.1) is 0 Å². The molecule has 1 aromatic carbocycles. The van der Waals surface area contributed by atoms with E-state index in [-0.39, 0.29) is 0 Å². The van der Waals surface area contributed by atoms with Crippen LogP contribution in [0.5, 0.6) is 0 Å². The van der Waals surface area contributed by atoms with Crippen molar-refractivity contribution in [3.8, 4) is 0 Å². The minimum absolute atomic E-state index is 0.537. The van der Waals surface area contributed by atoms with E-state index in [4.69, 9.17) is 9.72 Å². The van der Waals surface area contributed by atoms with Gasteiger partial charge in [0, 0.05) is 44.3 Å². The number of hydrogen-bond acceptors (Lipinski definition) is 8. The zero-order chi connectivity index (χ0) is 20.3. The number of hydrogen-bond donors (Lipinski definition) is 1. The third kappa shape index (κ3) is 3.76. The van der Waals surface area contributed by atoms with E-state index in [0.717, 1.165) is 62.9 Å². The van der Waals surface area contributed by atoms with Crippen LogP contribution >= 0.6 is 11.3 Å². The van der Waals surface area contributed by atoms with Crippen molar-refractivity contribution in [2.75, 3.05) is 31.6 Å². The summed E-state index contributed by atoms with van der Waals surface area (Å²) in [4.78, 5) is 9.68. The van der Waals surface area contributed by atoms with Crippen LogP contribution in [-0.2, 0) is 24.2 Å². The Labute approximate surface area is 178 Å². The Kier molecular flexibility index (Phi) is 5.56. The molecule has 30 heavy (non-hydrogen) atoms. The summed E-state index contributed by atoms with van der Waals surface area (Å²) in [5.74, 6) is 1.42. The zero-order valence-electron chi connectivity index (χ0n) is 17.0. The van der Waals surface area contributed by atoms with Crippen molar-refractivity contribution in [3.05, 3.63) is 46.3 Å². The number of anilines is 1. The molecule has 0 unspecified atom stereocenters. The lowest BCUT2D eigenvalue weighted by Crippen LogP contribution is -2.29. The maximum atomic E-state index is 5.45. The first kappa shape index (κ1) is 19.3. The smallest absolute Gasteiger partial charge is 0.276 e. The summed E-state index contributed by atoms with van der Waals surface area (Å²) < 4.78 is 7.22. The van der Waals surface area contributed by atoms with Crippen LogP contribution in [0.15, 0.2) is 30.3 Å². The summed E-state index contributed by atoms with van der Waals surface area (Å²) in [7, 11) is 0. The lowest BCUT2D eigenvalue weighted by atomic mass is 10.0. The predicted octanol–water partition coefficient (Wildman–Crippen LogP) is 3.13. The van der Waals surface area contributed by atoms with Crippen molar-refractivity contribution in [1.82, 2.24) is 29.9 Å². The Bertz CT molecular complexity index is 1140. The van der Waals surface area contributed by atoms with Crippen molar-refractivity contribution in [3.63, 3.8) is 0 Å². The average Bonchev–Trinajstić information content (AvgIpc) is 3.38. The van der Waals surface area contributed by atoms with E-state index in [1.807, 2.05) is 6.92 Å². The van der Waals surface area contributed by atoms with Gasteiger partial charge in [0.15, 0.2) is 0 Å². The molecule has 0 amide bonds. The second kappa shape index (κ2) is 8.63. The van der Waals surface area contributed by atoms with Crippen molar-refractivity contribution < 1.29 is 4.74 Å². The van der Waals surface area contributed by atoms with Gasteiger partial charge in [-0.15, -0.1) is 11.3 Å². The summed E-state index contributed by atoms with van der Waals surface area (Å²) in [5, 5.41) is 16.8. The molecule has 156 valence electrons. The highest BCUT2D eigenvalue weighted by molar-refractivity contribution is 7.19. The third-order valence-electron chi connectivity index (χ3n) is 5.42. The lowest BCUT2D eigenvalue weighted by Gasteiger charge is -2.27. The van der Waals surface area contributed by atoms with Crippen LogP contribution < -0.4 is 5.32 Å². The zero-order valence-corrected chi connectivity index (χ0v) is 17.9. The second-order valence-corrected chi connectivity index (χ2v) is 8.54. The van der Waals surface area contributed by atoms with Gasteiger partial charge in [-0.25, -0.2) is 0 Å². The van der Waals surface area contributed by atoms with Crippen LogP contribution in [0.3, 0.4) is 0 Å². The second-order valence-electron chi connectivity index (χ2n) is 7.46. The molecule has 4 heterocycles. The first-order valence-corrected chi connectivity index (χ1v) is 11.3. The molecule has 0 saturated carbocycles. The first-order valence-electron chi connectivity index (χ1n) is 10.4. The maximum Gasteiger partial charge on any atom is 0.276 e. The van der Waals surface area contributed by atoms with Crippen LogP contribution in [0.1, 0.15) is 29.3 Å². The van der Waals surface area contributed by atoms with E-state index < -0.39 is 0 Å². The fraction of sp³-hybridized carbons (Fsp3) is 0.429. The number of rotatable bonds is 8. The molecule has 0 atom stereocenters. The van der Waals surface area contributed by atoms with E-state index in [1.165, 1.54) is 21.4 Å². The molecule has 5 rings (SSSR count). The van der Waals surface area contributed by atoms with Gasteiger partial charge >= 0.3 is 0 Å². The normalized spacial score (nSPS) is 14.4.